The van der Waals surface area contributed by atoms with Gasteiger partial charge in [-0.15, -0.1) is 0 Å². The molecule has 6 rings (SSSR count). The Balaban J connectivity index is 1.53. The van der Waals surface area contributed by atoms with Crippen LogP contribution in [0.4, 0.5) is 5.69 Å². The quantitative estimate of drug-likeness (QED) is 0.266. The van der Waals surface area contributed by atoms with Crippen molar-refractivity contribution in [2.24, 2.45) is 0 Å². The molecule has 1 saturated heterocycles. The molecule has 0 saturated carbocycles. The first-order valence-electron chi connectivity index (χ1n) is 12.4. The van der Waals surface area contributed by atoms with Crippen molar-refractivity contribution in [3.63, 3.8) is 0 Å². The van der Waals surface area contributed by atoms with Gasteiger partial charge in [-0.05, 0) is 85.5 Å². The van der Waals surface area contributed by atoms with Crippen LogP contribution in [0.2, 0.25) is 0 Å². The molecule has 37 heavy (non-hydrogen) atoms. The van der Waals surface area contributed by atoms with Crippen LogP contribution < -0.4 is 15.0 Å². The van der Waals surface area contributed by atoms with Crippen LogP contribution in [0.25, 0.3) is 16.5 Å². The standard InChI is InChI=1S/C31H28N4OS/c1-20-19-26(21(2)34(20)28-13-8-10-22-9-4-5-11-25(22)28)30-29(27-12-6-7-18-32-27)33-31(37)35(30)23-14-16-24(36-3)17-15-23/h4-19,29-30H,1-3H3,(H,33,37)/t29-,30+/m1/s1. The van der Waals surface area contributed by atoms with Crippen molar-refractivity contribution in [2.45, 2.75) is 25.9 Å². The first kappa shape index (κ1) is 23.3. The summed E-state index contributed by atoms with van der Waals surface area (Å²) in [7, 11) is 1.68. The van der Waals surface area contributed by atoms with E-state index in [0.29, 0.717) is 5.11 Å². The maximum absolute atomic E-state index is 5.93. The van der Waals surface area contributed by atoms with Crippen LogP contribution in [0.15, 0.2) is 97.2 Å². The lowest BCUT2D eigenvalue weighted by atomic mass is 9.96. The molecule has 1 fully saturated rings. The van der Waals surface area contributed by atoms with Crippen LogP contribution in [0.3, 0.4) is 0 Å². The Hall–Kier alpha value is -4.16. The smallest absolute Gasteiger partial charge is 0.174 e. The van der Waals surface area contributed by atoms with E-state index in [1.165, 1.54) is 33.4 Å². The zero-order chi connectivity index (χ0) is 25.5. The van der Waals surface area contributed by atoms with Crippen LogP contribution in [-0.2, 0) is 0 Å². The van der Waals surface area contributed by atoms with Gasteiger partial charge in [0, 0.05) is 28.7 Å². The van der Waals surface area contributed by atoms with Crippen molar-refractivity contribution in [3.8, 4) is 11.4 Å². The number of hydrogen-bond acceptors (Lipinski definition) is 3. The molecule has 0 unspecified atom stereocenters. The highest BCUT2D eigenvalue weighted by Crippen LogP contribution is 2.44. The molecular weight excluding hydrogens is 476 g/mol. The van der Waals surface area contributed by atoms with Gasteiger partial charge in [0.15, 0.2) is 5.11 Å². The first-order chi connectivity index (χ1) is 18.1. The van der Waals surface area contributed by atoms with E-state index in [9.17, 15) is 0 Å². The van der Waals surface area contributed by atoms with E-state index in [1.54, 1.807) is 7.11 Å². The Bertz CT molecular complexity index is 1590. The molecule has 5 aromatic rings. The summed E-state index contributed by atoms with van der Waals surface area (Å²) in [6.45, 7) is 4.37. The highest BCUT2D eigenvalue weighted by Gasteiger charge is 2.42. The molecule has 0 amide bonds. The SMILES string of the molecule is COc1ccc(N2C(=S)N[C@H](c3ccccn3)[C@@H]2c2cc(C)n(-c3cccc4ccccc34)c2C)cc1. The number of fused-ring (bicyclic) bond motifs is 1. The van der Waals surface area contributed by atoms with Crippen LogP contribution >= 0.6 is 12.2 Å². The fourth-order valence-electron chi connectivity index (χ4n) is 5.55. The van der Waals surface area contributed by atoms with E-state index < -0.39 is 0 Å². The van der Waals surface area contributed by atoms with E-state index in [2.05, 4.69) is 95.4 Å². The molecule has 1 N–H and O–H groups in total. The summed E-state index contributed by atoms with van der Waals surface area (Å²) in [5, 5.41) is 6.71. The summed E-state index contributed by atoms with van der Waals surface area (Å²) < 4.78 is 7.76. The molecule has 1 aliphatic rings. The lowest BCUT2D eigenvalue weighted by molar-refractivity contribution is 0.415. The van der Waals surface area contributed by atoms with Gasteiger partial charge in [-0.2, -0.15) is 0 Å². The van der Waals surface area contributed by atoms with E-state index in [4.69, 9.17) is 21.9 Å². The van der Waals surface area contributed by atoms with Crippen LogP contribution in [0.1, 0.15) is 34.7 Å². The number of benzene rings is 3. The molecule has 0 aliphatic carbocycles. The number of aryl methyl sites for hydroxylation is 1. The highest BCUT2D eigenvalue weighted by molar-refractivity contribution is 7.80. The average Bonchev–Trinajstić information content (AvgIpc) is 3.43. The minimum Gasteiger partial charge on any atom is -0.497 e. The largest absolute Gasteiger partial charge is 0.497 e. The summed E-state index contributed by atoms with van der Waals surface area (Å²) in [6, 6.07) is 31.2. The number of nitrogens with one attached hydrogen (secondary N) is 1. The third kappa shape index (κ3) is 3.94. The zero-order valence-corrected chi connectivity index (χ0v) is 21.9. The number of aromatic nitrogens is 2. The number of methoxy groups -OCH3 is 1. The highest BCUT2D eigenvalue weighted by atomic mass is 32.1. The molecule has 2 aromatic heterocycles. The van der Waals surface area contributed by atoms with E-state index in [0.717, 1.165) is 17.1 Å². The predicted molar refractivity (Wildman–Crippen MR) is 154 cm³/mol. The maximum Gasteiger partial charge on any atom is 0.174 e. The molecule has 2 atom stereocenters. The van der Waals surface area contributed by atoms with Crippen LogP contribution in [-0.4, -0.2) is 21.8 Å². The van der Waals surface area contributed by atoms with Crippen LogP contribution in [0.5, 0.6) is 5.75 Å². The number of rotatable bonds is 5. The summed E-state index contributed by atoms with van der Waals surface area (Å²) >= 11 is 5.93. The van der Waals surface area contributed by atoms with Crippen molar-refractivity contribution >= 4 is 33.8 Å². The number of pyridine rings is 1. The lowest BCUT2D eigenvalue weighted by Crippen LogP contribution is -2.29. The summed E-state index contributed by atoms with van der Waals surface area (Å²) in [4.78, 5) is 6.92. The Kier molecular flexibility index (Phi) is 5.89. The molecule has 0 spiro atoms. The third-order valence-corrected chi connectivity index (χ3v) is 7.56. The van der Waals surface area contributed by atoms with Crippen molar-refractivity contribution in [2.75, 3.05) is 12.0 Å². The van der Waals surface area contributed by atoms with Gasteiger partial charge in [0.05, 0.1) is 30.6 Å². The summed E-state index contributed by atoms with van der Waals surface area (Å²) in [5.41, 5.74) is 6.72. The van der Waals surface area contributed by atoms with Crippen molar-refractivity contribution in [1.29, 1.82) is 0 Å². The van der Waals surface area contributed by atoms with Gasteiger partial charge in [-0.3, -0.25) is 4.98 Å². The van der Waals surface area contributed by atoms with Crippen molar-refractivity contribution in [3.05, 3.63) is 120 Å². The Morgan fingerprint density at radius 2 is 1.65 bits per heavy atom. The number of thiocarbonyl (C=S) groups is 1. The molecule has 5 nitrogen and oxygen atoms in total. The fourth-order valence-corrected chi connectivity index (χ4v) is 5.90. The molecule has 0 radical (unpaired) electrons. The topological polar surface area (TPSA) is 42.3 Å². The predicted octanol–water partition coefficient (Wildman–Crippen LogP) is 6.83. The summed E-state index contributed by atoms with van der Waals surface area (Å²) in [5.74, 6) is 0.814. The minimum absolute atomic E-state index is 0.0780. The monoisotopic (exact) mass is 504 g/mol. The zero-order valence-electron chi connectivity index (χ0n) is 21.1. The van der Waals surface area contributed by atoms with Gasteiger partial charge in [-0.25, -0.2) is 0 Å². The van der Waals surface area contributed by atoms with E-state index >= 15 is 0 Å². The van der Waals surface area contributed by atoms with Gasteiger partial charge in [0.1, 0.15) is 5.75 Å². The molecule has 1 aliphatic heterocycles. The van der Waals surface area contributed by atoms with Crippen LogP contribution in [0, 0.1) is 13.8 Å². The van der Waals surface area contributed by atoms with Gasteiger partial charge in [-0.1, -0.05) is 42.5 Å². The average molecular weight is 505 g/mol. The van der Waals surface area contributed by atoms with Gasteiger partial charge in [0.2, 0.25) is 0 Å². The third-order valence-electron chi connectivity index (χ3n) is 7.25. The molecular formula is C31H28N4OS. The second-order valence-corrected chi connectivity index (χ2v) is 9.74. The van der Waals surface area contributed by atoms with Gasteiger partial charge >= 0.3 is 0 Å². The Morgan fingerprint density at radius 1 is 0.892 bits per heavy atom. The normalized spacial score (nSPS) is 17.3. The molecule has 184 valence electrons. The molecule has 3 aromatic carbocycles. The van der Waals surface area contributed by atoms with Crippen molar-refractivity contribution in [1.82, 2.24) is 14.9 Å². The molecule has 6 heteroatoms. The number of anilines is 1. The lowest BCUT2D eigenvalue weighted by Gasteiger charge is -2.28. The molecule has 3 heterocycles. The number of ether oxygens (including phenoxy) is 1. The van der Waals surface area contributed by atoms with Gasteiger partial charge < -0.3 is 19.5 Å². The second kappa shape index (κ2) is 9.37. The Morgan fingerprint density at radius 3 is 2.41 bits per heavy atom. The number of hydrogen-bond donors (Lipinski definition) is 1. The summed E-state index contributed by atoms with van der Waals surface area (Å²) in [6.07, 6.45) is 1.84. The van der Waals surface area contributed by atoms with Crippen molar-refractivity contribution < 1.29 is 4.74 Å². The second-order valence-electron chi connectivity index (χ2n) is 9.35. The fraction of sp³-hybridized carbons (Fsp3) is 0.161. The molecule has 0 bridgehead atoms. The number of nitrogens with zero attached hydrogens (tertiary/aromatic N) is 3. The van der Waals surface area contributed by atoms with E-state index in [-0.39, 0.29) is 12.1 Å². The maximum atomic E-state index is 5.93. The van der Waals surface area contributed by atoms with Gasteiger partial charge in [0.25, 0.3) is 0 Å². The minimum atomic E-state index is -0.0998. The first-order valence-corrected chi connectivity index (χ1v) is 12.8. The Labute approximate surface area is 222 Å². The van der Waals surface area contributed by atoms with E-state index in [1.807, 2.05) is 30.5 Å².